The normalized spacial score (nSPS) is 11.6. The van der Waals surface area contributed by atoms with Crippen molar-refractivity contribution in [1.82, 2.24) is 0 Å². The zero-order chi connectivity index (χ0) is 58.1. The van der Waals surface area contributed by atoms with Gasteiger partial charge >= 0.3 is 0 Å². The summed E-state index contributed by atoms with van der Waals surface area (Å²) >= 11 is 20.0. The quantitative estimate of drug-likeness (QED) is 0.0338. The van der Waals surface area contributed by atoms with E-state index in [1.54, 1.807) is 0 Å². The van der Waals surface area contributed by atoms with Crippen LogP contribution in [0.3, 0.4) is 0 Å². The number of benzene rings is 9. The fraction of sp³-hybridized carbons (Fsp3) is 0.270. The molecule has 0 fully saturated rings. The van der Waals surface area contributed by atoms with E-state index in [-0.39, 0.29) is 0 Å². The second-order valence-electron chi connectivity index (χ2n) is 21.2. The van der Waals surface area contributed by atoms with Crippen molar-refractivity contribution in [2.24, 2.45) is 0 Å². The molecule has 0 aromatic heterocycles. The van der Waals surface area contributed by atoms with Crippen LogP contribution in [0.5, 0.6) is 0 Å². The van der Waals surface area contributed by atoms with Gasteiger partial charge in [0.2, 0.25) is 0 Å². The first-order chi connectivity index (χ1) is 39.9. The fourth-order valence-electron chi connectivity index (χ4n) is 9.77. The average Bonchev–Trinajstić information content (AvgIpc) is 3.60. The van der Waals surface area contributed by atoms with Crippen LogP contribution in [0.2, 0.25) is 0 Å². The van der Waals surface area contributed by atoms with Crippen LogP contribution >= 0.6 is 102 Å². The molecule has 0 saturated heterocycles. The van der Waals surface area contributed by atoms with Gasteiger partial charge in [0.15, 0.2) is 0 Å². The van der Waals surface area contributed by atoms with Crippen molar-refractivity contribution >= 4 is 136 Å². The maximum atomic E-state index is 3.53. The summed E-state index contributed by atoms with van der Waals surface area (Å²) in [6.07, 6.45) is 15.4. The first kappa shape index (κ1) is 65.3. The van der Waals surface area contributed by atoms with E-state index in [0.29, 0.717) is 11.8 Å². The highest BCUT2D eigenvalue weighted by atomic mass is 127. The molecule has 82 heavy (non-hydrogen) atoms. The molecule has 2 nitrogen and oxygen atoms in total. The number of halogens is 6. The summed E-state index contributed by atoms with van der Waals surface area (Å²) in [5.41, 5.74) is 16.9. The Morgan fingerprint density at radius 3 is 0.683 bits per heavy atom. The van der Waals surface area contributed by atoms with Crippen LogP contribution in [0, 0.1) is 0 Å². The lowest BCUT2D eigenvalue weighted by atomic mass is 9.98. The number of anilines is 6. The molecule has 0 heterocycles. The molecule has 2 atom stereocenters. The second-order valence-corrected chi connectivity index (χ2v) is 26.9. The molecule has 0 radical (unpaired) electrons. The van der Waals surface area contributed by atoms with Crippen LogP contribution in [-0.2, 0) is 32.1 Å². The van der Waals surface area contributed by atoms with Crippen LogP contribution < -0.4 is 9.80 Å². The minimum Gasteiger partial charge on any atom is -0.311 e. The molecule has 0 N–H and O–H groups in total. The van der Waals surface area contributed by atoms with Crippen LogP contribution in [0.1, 0.15) is 130 Å². The van der Waals surface area contributed by atoms with Crippen LogP contribution in [0.15, 0.2) is 241 Å². The first-order valence-electron chi connectivity index (χ1n) is 29.2. The predicted octanol–water partition coefficient (Wildman–Crippen LogP) is 25.7. The SMILES string of the molecule is Brc1ccc(CCCCI)cc1.CCC(C)c1ccc(N(c2ccc(Br)cc2)c2ccc(Br)cc2)cc1.CCC(C)c1ccc(N(c2ccc(CCCCc3ccc(Br)cc3)cc2)c2ccc(CCCCc3ccc(Br)cc3)cc2)cc1. The Kier molecular flexibility index (Phi) is 28.0. The molecule has 9 aromatic carbocycles. The Balaban J connectivity index is 0.000000217. The summed E-state index contributed by atoms with van der Waals surface area (Å²) < 4.78 is 6.89. The molecular formula is C74H78Br5IN2. The maximum absolute atomic E-state index is 3.53. The van der Waals surface area contributed by atoms with Gasteiger partial charge in [0, 0.05) is 56.5 Å². The van der Waals surface area contributed by atoms with Gasteiger partial charge in [-0.05, 0) is 272 Å². The monoisotopic (exact) mass is 1520 g/mol. The number of unbranched alkanes of at least 4 members (excludes halogenated alkanes) is 3. The van der Waals surface area contributed by atoms with E-state index in [1.165, 1.54) is 110 Å². The smallest absolute Gasteiger partial charge is 0.0462 e. The molecule has 0 spiro atoms. The van der Waals surface area contributed by atoms with Crippen LogP contribution in [-0.4, -0.2) is 4.43 Å². The van der Waals surface area contributed by atoms with Gasteiger partial charge in [0.1, 0.15) is 0 Å². The minimum atomic E-state index is 0.568. The van der Waals surface area contributed by atoms with Crippen LogP contribution in [0.4, 0.5) is 34.1 Å². The van der Waals surface area contributed by atoms with Gasteiger partial charge in [-0.25, -0.2) is 0 Å². The van der Waals surface area contributed by atoms with Gasteiger partial charge < -0.3 is 9.80 Å². The molecule has 426 valence electrons. The van der Waals surface area contributed by atoms with Crippen molar-refractivity contribution in [2.75, 3.05) is 14.2 Å². The van der Waals surface area contributed by atoms with Gasteiger partial charge in [-0.1, -0.05) is 215 Å². The van der Waals surface area contributed by atoms with Gasteiger partial charge in [-0.15, -0.1) is 0 Å². The molecule has 2 unspecified atom stereocenters. The molecule has 0 bridgehead atoms. The fourth-order valence-corrected chi connectivity index (χ4v) is 11.6. The standard InChI is InChI=1S/C42H45Br2N.C22H21Br2N.C10H12BrI/c1-3-32(2)37-20-30-42(31-21-37)45(40-26-16-35(17-27-40)10-6-4-8-33-12-22-38(43)23-13-33)41-28-18-36(19-29-41)11-7-5-9-34-14-24-39(44)25-15-34;1-3-16(2)17-4-10-20(11-5-17)25(21-12-6-18(23)7-13-21)22-14-8-19(24)9-15-22;11-10-6-4-9(5-7-10)3-1-2-8-12/h12-32H,3-11H2,1-2H3;4-16H,3H2,1-2H3;4-7H,1-3,8H2. The van der Waals surface area contributed by atoms with E-state index in [2.05, 4.69) is 358 Å². The Morgan fingerprint density at radius 2 is 0.463 bits per heavy atom. The maximum Gasteiger partial charge on any atom is 0.0462 e. The summed E-state index contributed by atoms with van der Waals surface area (Å²) in [6, 6.07) is 79.4. The third-order valence-corrected chi connectivity index (χ3v) is 18.6. The number of alkyl halides is 1. The van der Waals surface area contributed by atoms with Crippen LogP contribution in [0.25, 0.3) is 0 Å². The largest absolute Gasteiger partial charge is 0.311 e. The Hall–Kier alpha value is -4.29. The van der Waals surface area contributed by atoms with E-state index >= 15 is 0 Å². The van der Waals surface area contributed by atoms with Crippen molar-refractivity contribution < 1.29 is 0 Å². The summed E-state index contributed by atoms with van der Waals surface area (Å²) in [5, 5.41) is 0. The summed E-state index contributed by atoms with van der Waals surface area (Å²) in [6.45, 7) is 9.07. The highest BCUT2D eigenvalue weighted by Gasteiger charge is 2.16. The number of hydrogen-bond donors (Lipinski definition) is 0. The van der Waals surface area contributed by atoms with E-state index in [1.807, 2.05) is 0 Å². The van der Waals surface area contributed by atoms with Gasteiger partial charge in [-0.2, -0.15) is 0 Å². The Labute approximate surface area is 547 Å². The molecular weight excluding hydrogens is 1440 g/mol. The van der Waals surface area contributed by atoms with Crippen molar-refractivity contribution in [1.29, 1.82) is 0 Å². The molecule has 0 amide bonds. The molecule has 8 heteroatoms. The highest BCUT2D eigenvalue weighted by Crippen LogP contribution is 2.38. The molecule has 9 aromatic rings. The predicted molar refractivity (Wildman–Crippen MR) is 383 cm³/mol. The second kappa shape index (κ2) is 35.2. The van der Waals surface area contributed by atoms with Gasteiger partial charge in [-0.3, -0.25) is 0 Å². The Bertz CT molecular complexity index is 3060. The van der Waals surface area contributed by atoms with E-state index in [0.717, 1.165) is 73.5 Å². The number of rotatable bonds is 24. The van der Waals surface area contributed by atoms with Gasteiger partial charge in [0.05, 0.1) is 0 Å². The van der Waals surface area contributed by atoms with Gasteiger partial charge in [0.25, 0.3) is 0 Å². The Morgan fingerprint density at radius 1 is 0.280 bits per heavy atom. The topological polar surface area (TPSA) is 6.48 Å². The zero-order valence-electron chi connectivity index (χ0n) is 48.0. The minimum absolute atomic E-state index is 0.568. The van der Waals surface area contributed by atoms with Crippen molar-refractivity contribution in [3.05, 3.63) is 280 Å². The highest BCUT2D eigenvalue weighted by molar-refractivity contribution is 14.1. The molecule has 0 saturated carbocycles. The number of hydrogen-bond acceptors (Lipinski definition) is 2. The average molecular weight is 1520 g/mol. The lowest BCUT2D eigenvalue weighted by Gasteiger charge is -2.26. The summed E-state index contributed by atoms with van der Waals surface area (Å²) in [4.78, 5) is 4.67. The van der Waals surface area contributed by atoms with E-state index in [9.17, 15) is 0 Å². The third-order valence-electron chi connectivity index (χ3n) is 15.2. The van der Waals surface area contributed by atoms with Crippen molar-refractivity contribution in [2.45, 2.75) is 123 Å². The summed E-state index contributed by atoms with van der Waals surface area (Å²) in [7, 11) is 0. The third kappa shape index (κ3) is 21.3. The van der Waals surface area contributed by atoms with Crippen molar-refractivity contribution in [3.63, 3.8) is 0 Å². The van der Waals surface area contributed by atoms with E-state index < -0.39 is 0 Å². The lowest BCUT2D eigenvalue weighted by molar-refractivity contribution is 0.733. The number of nitrogens with zero attached hydrogens (tertiary/aromatic N) is 2. The number of aryl methyl sites for hydroxylation is 5. The zero-order valence-corrected chi connectivity index (χ0v) is 58.1. The molecule has 0 aliphatic heterocycles. The molecule has 9 rings (SSSR count). The van der Waals surface area contributed by atoms with Crippen molar-refractivity contribution in [3.8, 4) is 0 Å². The molecule has 0 aliphatic rings. The lowest BCUT2D eigenvalue weighted by Crippen LogP contribution is -2.10. The van der Waals surface area contributed by atoms with E-state index in [4.69, 9.17) is 0 Å². The summed E-state index contributed by atoms with van der Waals surface area (Å²) in [5.74, 6) is 1.15. The first-order valence-corrected chi connectivity index (χ1v) is 34.7. The molecule has 0 aliphatic carbocycles.